The minimum absolute atomic E-state index is 0.000638. The molecule has 0 fully saturated rings. The fourth-order valence-electron chi connectivity index (χ4n) is 2.90. The van der Waals surface area contributed by atoms with Crippen molar-refractivity contribution in [2.75, 3.05) is 4.90 Å². The van der Waals surface area contributed by atoms with Gasteiger partial charge in [-0.2, -0.15) is 0 Å². The van der Waals surface area contributed by atoms with Crippen molar-refractivity contribution in [3.63, 3.8) is 0 Å². The number of nitrogens with zero attached hydrogens (tertiary/aromatic N) is 1. The molecule has 0 aliphatic carbocycles. The number of rotatable bonds is 2. The van der Waals surface area contributed by atoms with Crippen molar-refractivity contribution in [3.05, 3.63) is 83.9 Å². The summed E-state index contributed by atoms with van der Waals surface area (Å²) in [6.07, 6.45) is 0. The van der Waals surface area contributed by atoms with E-state index < -0.39 is 5.97 Å². The second kappa shape index (κ2) is 6.11. The Morgan fingerprint density at radius 1 is 0.720 bits per heavy atom. The molecule has 1 amide bonds. The lowest BCUT2D eigenvalue weighted by molar-refractivity contribution is 0.0692. The van der Waals surface area contributed by atoms with E-state index in [1.165, 1.54) is 6.07 Å². The molecule has 0 saturated heterocycles. The van der Waals surface area contributed by atoms with Gasteiger partial charge in [0.1, 0.15) is 0 Å². The van der Waals surface area contributed by atoms with Gasteiger partial charge in [0, 0.05) is 9.79 Å². The first-order chi connectivity index (χ1) is 12.2. The number of hydrogen-bond acceptors (Lipinski definition) is 3. The van der Waals surface area contributed by atoms with Crippen LogP contribution in [-0.2, 0) is 0 Å². The first-order valence-corrected chi connectivity index (χ1v) is 8.51. The van der Waals surface area contributed by atoms with Crippen molar-refractivity contribution in [1.29, 1.82) is 0 Å². The van der Waals surface area contributed by atoms with Crippen LogP contribution < -0.4 is 4.90 Å². The summed E-state index contributed by atoms with van der Waals surface area (Å²) < 4.78 is 0. The number of carbonyl (C=O) groups excluding carboxylic acids is 1. The highest BCUT2D eigenvalue weighted by molar-refractivity contribution is 7.99. The number of hydrogen-bond donors (Lipinski definition) is 1. The maximum Gasteiger partial charge on any atom is 0.336 e. The molecule has 0 radical (unpaired) electrons. The van der Waals surface area contributed by atoms with Gasteiger partial charge in [-0.05, 0) is 36.4 Å². The Morgan fingerprint density at radius 2 is 1.20 bits per heavy atom. The summed E-state index contributed by atoms with van der Waals surface area (Å²) in [7, 11) is 0. The van der Waals surface area contributed by atoms with Crippen LogP contribution in [0.2, 0.25) is 0 Å². The molecule has 4 rings (SSSR count). The van der Waals surface area contributed by atoms with Gasteiger partial charge in [0.2, 0.25) is 0 Å². The topological polar surface area (TPSA) is 57.6 Å². The van der Waals surface area contributed by atoms with Crippen LogP contribution in [0.3, 0.4) is 0 Å². The van der Waals surface area contributed by atoms with Crippen molar-refractivity contribution >= 4 is 35.0 Å². The second-order valence-electron chi connectivity index (χ2n) is 5.53. The summed E-state index contributed by atoms with van der Waals surface area (Å²) in [5.41, 5.74) is 1.69. The first-order valence-electron chi connectivity index (χ1n) is 7.69. The Bertz CT molecular complexity index is 954. The number of carboxylic acid groups (broad SMARTS) is 1. The van der Waals surface area contributed by atoms with E-state index in [2.05, 4.69) is 0 Å². The Labute approximate surface area is 148 Å². The zero-order chi connectivity index (χ0) is 17.4. The number of anilines is 2. The Kier molecular flexibility index (Phi) is 3.78. The molecule has 0 saturated carbocycles. The van der Waals surface area contributed by atoms with Crippen LogP contribution >= 0.6 is 11.8 Å². The number of para-hydroxylation sites is 2. The highest BCUT2D eigenvalue weighted by Gasteiger charge is 2.30. The lowest BCUT2D eigenvalue weighted by Crippen LogP contribution is -2.29. The maximum absolute atomic E-state index is 13.3. The van der Waals surface area contributed by atoms with Gasteiger partial charge in [-0.1, -0.05) is 48.2 Å². The molecule has 0 unspecified atom stereocenters. The Morgan fingerprint density at radius 3 is 1.76 bits per heavy atom. The normalized spacial score (nSPS) is 12.2. The number of amides is 1. The molecule has 0 aromatic heterocycles. The minimum atomic E-state index is -1.11. The standard InChI is InChI=1S/C20H13NO3S/c22-19(13-7-1-2-8-14(13)20(23)24)21-15-9-3-5-11-17(15)25-18-12-6-4-10-16(18)21/h1-12H,(H,23,24). The molecule has 0 bridgehead atoms. The quantitative estimate of drug-likeness (QED) is 0.721. The second-order valence-corrected chi connectivity index (χ2v) is 6.61. The lowest BCUT2D eigenvalue weighted by atomic mass is 10.1. The average Bonchev–Trinajstić information content (AvgIpc) is 2.65. The third-order valence-corrected chi connectivity index (χ3v) is 5.15. The van der Waals surface area contributed by atoms with Crippen LogP contribution in [-0.4, -0.2) is 17.0 Å². The minimum Gasteiger partial charge on any atom is -0.478 e. The number of carboxylic acids is 1. The number of aromatic carboxylic acids is 1. The molecule has 0 atom stereocenters. The van der Waals surface area contributed by atoms with Crippen molar-refractivity contribution < 1.29 is 14.7 Å². The molecule has 1 heterocycles. The molecule has 4 nitrogen and oxygen atoms in total. The average molecular weight is 347 g/mol. The molecular formula is C20H13NO3S. The van der Waals surface area contributed by atoms with Crippen molar-refractivity contribution in [2.45, 2.75) is 9.79 Å². The van der Waals surface area contributed by atoms with Crippen LogP contribution in [0, 0.1) is 0 Å². The van der Waals surface area contributed by atoms with E-state index >= 15 is 0 Å². The summed E-state index contributed by atoms with van der Waals surface area (Å²) >= 11 is 1.60. The Hall–Kier alpha value is -3.05. The zero-order valence-corrected chi connectivity index (χ0v) is 13.9. The summed E-state index contributed by atoms with van der Waals surface area (Å²) in [6, 6.07) is 21.6. The van der Waals surface area contributed by atoms with Gasteiger partial charge in [0.15, 0.2) is 0 Å². The lowest BCUT2D eigenvalue weighted by Gasteiger charge is -2.31. The molecule has 1 aliphatic heterocycles. The molecule has 3 aromatic rings. The molecule has 122 valence electrons. The van der Waals surface area contributed by atoms with E-state index in [0.717, 1.165) is 21.2 Å². The van der Waals surface area contributed by atoms with Gasteiger partial charge in [-0.25, -0.2) is 4.79 Å². The van der Waals surface area contributed by atoms with E-state index in [1.54, 1.807) is 34.9 Å². The van der Waals surface area contributed by atoms with Crippen LogP contribution in [0.5, 0.6) is 0 Å². The fourth-order valence-corrected chi connectivity index (χ4v) is 3.96. The van der Waals surface area contributed by atoms with E-state index in [4.69, 9.17) is 0 Å². The van der Waals surface area contributed by atoms with E-state index in [9.17, 15) is 14.7 Å². The van der Waals surface area contributed by atoms with Gasteiger partial charge in [0.25, 0.3) is 5.91 Å². The van der Waals surface area contributed by atoms with E-state index in [1.807, 2.05) is 48.5 Å². The monoisotopic (exact) mass is 347 g/mol. The summed E-state index contributed by atoms with van der Waals surface area (Å²) in [6.45, 7) is 0. The number of fused-ring (bicyclic) bond motifs is 2. The van der Waals surface area contributed by atoms with Gasteiger partial charge in [0.05, 0.1) is 22.5 Å². The highest BCUT2D eigenvalue weighted by Crippen LogP contribution is 2.48. The highest BCUT2D eigenvalue weighted by atomic mass is 32.2. The molecule has 1 aliphatic rings. The molecule has 0 spiro atoms. The first kappa shape index (κ1) is 15.5. The van der Waals surface area contributed by atoms with Crippen LogP contribution in [0.4, 0.5) is 11.4 Å². The third kappa shape index (κ3) is 2.58. The number of benzene rings is 3. The molecular weight excluding hydrogens is 334 g/mol. The predicted molar refractivity (Wildman–Crippen MR) is 96.9 cm³/mol. The van der Waals surface area contributed by atoms with E-state index in [0.29, 0.717) is 0 Å². The Balaban J connectivity index is 1.91. The summed E-state index contributed by atoms with van der Waals surface area (Å²) in [5, 5.41) is 9.43. The van der Waals surface area contributed by atoms with Gasteiger partial charge >= 0.3 is 5.97 Å². The van der Waals surface area contributed by atoms with Crippen LogP contribution in [0.15, 0.2) is 82.6 Å². The fraction of sp³-hybridized carbons (Fsp3) is 0. The van der Waals surface area contributed by atoms with Gasteiger partial charge in [-0.3, -0.25) is 9.69 Å². The predicted octanol–water partition coefficient (Wildman–Crippen LogP) is 4.83. The molecule has 3 aromatic carbocycles. The number of carbonyl (C=O) groups is 2. The largest absolute Gasteiger partial charge is 0.478 e. The molecule has 1 N–H and O–H groups in total. The molecule has 25 heavy (non-hydrogen) atoms. The van der Waals surface area contributed by atoms with Crippen molar-refractivity contribution in [3.8, 4) is 0 Å². The summed E-state index contributed by atoms with van der Waals surface area (Å²) in [4.78, 5) is 28.4. The van der Waals surface area contributed by atoms with E-state index in [-0.39, 0.29) is 17.0 Å². The van der Waals surface area contributed by atoms with Crippen LogP contribution in [0.1, 0.15) is 20.7 Å². The van der Waals surface area contributed by atoms with Gasteiger partial charge in [-0.15, -0.1) is 0 Å². The van der Waals surface area contributed by atoms with Crippen LogP contribution in [0.25, 0.3) is 0 Å². The third-order valence-electron chi connectivity index (χ3n) is 4.02. The summed E-state index contributed by atoms with van der Waals surface area (Å²) in [5.74, 6) is -1.46. The zero-order valence-electron chi connectivity index (χ0n) is 13.0. The molecule has 5 heteroatoms. The van der Waals surface area contributed by atoms with Crippen molar-refractivity contribution in [2.24, 2.45) is 0 Å². The van der Waals surface area contributed by atoms with Gasteiger partial charge < -0.3 is 5.11 Å². The maximum atomic E-state index is 13.3. The smallest absolute Gasteiger partial charge is 0.336 e. The van der Waals surface area contributed by atoms with Crippen molar-refractivity contribution in [1.82, 2.24) is 0 Å². The SMILES string of the molecule is O=C(O)c1ccccc1C(=O)N1c2ccccc2Sc2ccccc21.